The largest absolute Gasteiger partial charge is 0.345 e. The van der Waals surface area contributed by atoms with Crippen molar-refractivity contribution in [3.8, 4) is 0 Å². The van der Waals surface area contributed by atoms with E-state index in [2.05, 4.69) is 59.8 Å². The van der Waals surface area contributed by atoms with Crippen LogP contribution in [-0.4, -0.2) is 17.6 Å². The minimum Gasteiger partial charge on any atom is -0.345 e. The van der Waals surface area contributed by atoms with E-state index in [0.29, 0.717) is 5.92 Å². The van der Waals surface area contributed by atoms with Gasteiger partial charge in [0.25, 0.3) is 0 Å². The highest BCUT2D eigenvalue weighted by atomic mass is 127. The zero-order valence-electron chi connectivity index (χ0n) is 12.8. The Kier molecular flexibility index (Phi) is 4.91. The summed E-state index contributed by atoms with van der Waals surface area (Å²) in [7, 11) is 0. The van der Waals surface area contributed by atoms with E-state index < -0.39 is 5.79 Å². The van der Waals surface area contributed by atoms with Crippen LogP contribution < -0.4 is 0 Å². The molecule has 0 N–H and O–H groups in total. The van der Waals surface area contributed by atoms with Crippen molar-refractivity contribution in [3.05, 3.63) is 35.9 Å². The molecule has 0 amide bonds. The maximum atomic E-state index is 6.47. The van der Waals surface area contributed by atoms with Crippen LogP contribution in [0.4, 0.5) is 0 Å². The molecule has 116 valence electrons. The Morgan fingerprint density at radius 1 is 1.05 bits per heavy atom. The van der Waals surface area contributed by atoms with E-state index in [1.807, 2.05) is 0 Å². The van der Waals surface area contributed by atoms with Crippen molar-refractivity contribution in [2.75, 3.05) is 17.6 Å². The molecule has 0 bridgehead atoms. The van der Waals surface area contributed by atoms with Gasteiger partial charge in [0.05, 0.1) is 13.2 Å². The van der Waals surface area contributed by atoms with Crippen LogP contribution in [0.2, 0.25) is 0 Å². The molecular weight excluding hydrogens is 375 g/mol. The highest BCUT2D eigenvalue weighted by Crippen LogP contribution is 2.47. The molecule has 0 atom stereocenters. The molecule has 0 unspecified atom stereocenters. The molecule has 0 spiro atoms. The second-order valence-electron chi connectivity index (χ2n) is 6.89. The Morgan fingerprint density at radius 3 is 2.24 bits per heavy atom. The van der Waals surface area contributed by atoms with Crippen LogP contribution in [0.25, 0.3) is 0 Å². The first-order valence-electron chi connectivity index (χ1n) is 8.08. The second-order valence-corrected chi connectivity index (χ2v) is 7.65. The summed E-state index contributed by atoms with van der Waals surface area (Å²) in [6, 6.07) is 10.6. The van der Waals surface area contributed by atoms with E-state index >= 15 is 0 Å². The van der Waals surface area contributed by atoms with Gasteiger partial charge in [-0.25, -0.2) is 0 Å². The summed E-state index contributed by atoms with van der Waals surface area (Å²) in [5.41, 5.74) is 1.35. The minimum absolute atomic E-state index is 0.146. The highest BCUT2D eigenvalue weighted by Gasteiger charge is 2.48. The lowest BCUT2D eigenvalue weighted by atomic mass is 9.78. The van der Waals surface area contributed by atoms with Gasteiger partial charge in [0.2, 0.25) is 0 Å². The summed E-state index contributed by atoms with van der Waals surface area (Å²) >= 11 is 2.44. The van der Waals surface area contributed by atoms with Gasteiger partial charge in [0, 0.05) is 21.3 Å². The number of halogens is 1. The molecule has 0 aromatic heterocycles. The van der Waals surface area contributed by atoms with Gasteiger partial charge in [-0.05, 0) is 12.8 Å². The molecule has 1 aromatic carbocycles. The Labute approximate surface area is 141 Å². The summed E-state index contributed by atoms with van der Waals surface area (Å²) in [4.78, 5) is 0. The van der Waals surface area contributed by atoms with Crippen LogP contribution in [0.1, 0.15) is 44.6 Å². The molecule has 1 heterocycles. The van der Waals surface area contributed by atoms with Gasteiger partial charge in [0.15, 0.2) is 5.79 Å². The Morgan fingerprint density at radius 2 is 1.67 bits per heavy atom. The summed E-state index contributed by atoms with van der Waals surface area (Å²) in [6.45, 7) is 3.85. The van der Waals surface area contributed by atoms with Gasteiger partial charge in [0.1, 0.15) is 0 Å². The molecule has 1 aliphatic heterocycles. The molecule has 1 aromatic rings. The molecule has 21 heavy (non-hydrogen) atoms. The Bertz CT molecular complexity index is 446. The first-order valence-corrected chi connectivity index (χ1v) is 9.60. The Balaban J connectivity index is 1.89. The van der Waals surface area contributed by atoms with Crippen molar-refractivity contribution in [2.24, 2.45) is 11.3 Å². The van der Waals surface area contributed by atoms with Gasteiger partial charge < -0.3 is 9.47 Å². The number of hydrogen-bond donors (Lipinski definition) is 0. The zero-order chi connectivity index (χ0) is 14.8. The SMILES string of the molecule is CC1(CI)COC(c2ccccc2)(C2CCCCC2)OC1. The first-order chi connectivity index (χ1) is 10.2. The fourth-order valence-electron chi connectivity index (χ4n) is 3.51. The summed E-state index contributed by atoms with van der Waals surface area (Å²) in [6.07, 6.45) is 6.39. The molecule has 2 nitrogen and oxygen atoms in total. The Hall–Kier alpha value is -0.130. The van der Waals surface area contributed by atoms with Gasteiger partial charge in [-0.15, -0.1) is 0 Å². The summed E-state index contributed by atoms with van der Waals surface area (Å²) in [5, 5.41) is 0. The molecule has 2 fully saturated rings. The number of rotatable bonds is 3. The lowest BCUT2D eigenvalue weighted by Crippen LogP contribution is -2.51. The van der Waals surface area contributed by atoms with E-state index in [9.17, 15) is 0 Å². The fraction of sp³-hybridized carbons (Fsp3) is 0.667. The van der Waals surface area contributed by atoms with Crippen molar-refractivity contribution in [1.82, 2.24) is 0 Å². The molecule has 0 radical (unpaired) electrons. The van der Waals surface area contributed by atoms with Crippen molar-refractivity contribution in [1.29, 1.82) is 0 Å². The third-order valence-electron chi connectivity index (χ3n) is 4.91. The van der Waals surface area contributed by atoms with E-state index in [1.54, 1.807) is 0 Å². The monoisotopic (exact) mass is 400 g/mol. The maximum Gasteiger partial charge on any atom is 0.197 e. The maximum absolute atomic E-state index is 6.47. The minimum atomic E-state index is -0.507. The lowest BCUT2D eigenvalue weighted by Gasteiger charge is -2.49. The van der Waals surface area contributed by atoms with Crippen LogP contribution >= 0.6 is 22.6 Å². The smallest absolute Gasteiger partial charge is 0.197 e. The van der Waals surface area contributed by atoms with Crippen LogP contribution in [0.15, 0.2) is 30.3 Å². The third-order valence-corrected chi connectivity index (χ3v) is 6.75. The first kappa shape index (κ1) is 15.8. The predicted molar refractivity (Wildman–Crippen MR) is 93.6 cm³/mol. The average Bonchev–Trinajstić information content (AvgIpc) is 2.57. The molecule has 1 aliphatic carbocycles. The van der Waals surface area contributed by atoms with E-state index in [4.69, 9.17) is 9.47 Å². The number of alkyl halides is 1. The standard InChI is InChI=1S/C18H25IO2/c1-17(12-19)13-20-18(21-14-17,15-8-4-2-5-9-15)16-10-6-3-7-11-16/h2,4-5,8-9,16H,3,6-7,10-14H2,1H3. The van der Waals surface area contributed by atoms with Crippen LogP contribution in [0.3, 0.4) is 0 Å². The summed E-state index contributed by atoms with van der Waals surface area (Å²) in [5.74, 6) is -0.0140. The van der Waals surface area contributed by atoms with Crippen molar-refractivity contribution >= 4 is 22.6 Å². The third kappa shape index (κ3) is 3.15. The predicted octanol–water partition coefficient (Wildman–Crippen LogP) is 4.91. The van der Waals surface area contributed by atoms with Crippen molar-refractivity contribution in [2.45, 2.75) is 44.8 Å². The van der Waals surface area contributed by atoms with Crippen molar-refractivity contribution in [3.63, 3.8) is 0 Å². The van der Waals surface area contributed by atoms with Crippen LogP contribution in [0.5, 0.6) is 0 Å². The zero-order valence-corrected chi connectivity index (χ0v) is 15.0. The van der Waals surface area contributed by atoms with Gasteiger partial charge >= 0.3 is 0 Å². The van der Waals surface area contributed by atoms with E-state index in [-0.39, 0.29) is 5.41 Å². The van der Waals surface area contributed by atoms with E-state index in [0.717, 1.165) is 17.6 Å². The van der Waals surface area contributed by atoms with Crippen LogP contribution in [-0.2, 0) is 15.3 Å². The summed E-state index contributed by atoms with van der Waals surface area (Å²) < 4.78 is 14.0. The van der Waals surface area contributed by atoms with Gasteiger partial charge in [-0.3, -0.25) is 0 Å². The number of benzene rings is 1. The molecule has 2 aliphatic rings. The van der Waals surface area contributed by atoms with Crippen LogP contribution in [0, 0.1) is 11.3 Å². The number of ether oxygens (including phenoxy) is 2. The molecule has 3 heteroatoms. The quantitative estimate of drug-likeness (QED) is 0.531. The highest BCUT2D eigenvalue weighted by molar-refractivity contribution is 14.1. The van der Waals surface area contributed by atoms with Gasteiger partial charge in [-0.2, -0.15) is 0 Å². The molecule has 3 rings (SSSR count). The number of hydrogen-bond acceptors (Lipinski definition) is 2. The topological polar surface area (TPSA) is 18.5 Å². The average molecular weight is 400 g/mol. The normalized spacial score (nSPS) is 34.8. The lowest BCUT2D eigenvalue weighted by molar-refractivity contribution is -0.334. The molecule has 1 saturated heterocycles. The second kappa shape index (κ2) is 6.55. The fourth-order valence-corrected chi connectivity index (χ4v) is 3.95. The van der Waals surface area contributed by atoms with Gasteiger partial charge in [-0.1, -0.05) is 79.1 Å². The molecular formula is C18H25IO2. The molecule has 1 saturated carbocycles. The van der Waals surface area contributed by atoms with E-state index in [1.165, 1.54) is 37.7 Å². The van der Waals surface area contributed by atoms with Crippen molar-refractivity contribution < 1.29 is 9.47 Å².